The molecular formula is C20H30ClN6O2-. The number of unbranched alkanes of at least 4 members (excludes halogenated alkanes) is 1. The molecule has 2 aromatic heterocycles. The summed E-state index contributed by atoms with van der Waals surface area (Å²) in [4.78, 5) is 16.9. The van der Waals surface area contributed by atoms with Crippen LogP contribution >= 0.6 is 0 Å². The second-order valence-electron chi connectivity index (χ2n) is 7.88. The average molecular weight is 422 g/mol. The Morgan fingerprint density at radius 1 is 1.24 bits per heavy atom. The van der Waals surface area contributed by atoms with Crippen molar-refractivity contribution in [3.05, 3.63) is 30.0 Å². The number of nitrogens with zero attached hydrogens (tertiary/aromatic N) is 6. The molecule has 29 heavy (non-hydrogen) atoms. The predicted molar refractivity (Wildman–Crippen MR) is 104 cm³/mol. The van der Waals surface area contributed by atoms with Crippen LogP contribution in [0.5, 0.6) is 0 Å². The fraction of sp³-hybridized carbons (Fsp3) is 0.700. The molecule has 3 heterocycles. The molecule has 0 aromatic carbocycles. The third-order valence-corrected chi connectivity index (χ3v) is 6.09. The number of carbonyl (C=O) groups excluding carboxylic acids is 1. The van der Waals surface area contributed by atoms with Crippen molar-refractivity contribution in [2.24, 2.45) is 0 Å². The number of amides is 1. The lowest BCUT2D eigenvalue weighted by Gasteiger charge is -2.38. The molecule has 1 unspecified atom stereocenters. The lowest BCUT2D eigenvalue weighted by atomic mass is 10.1. The van der Waals surface area contributed by atoms with Gasteiger partial charge in [-0.25, -0.2) is 4.68 Å². The molecule has 160 valence electrons. The molecule has 2 fully saturated rings. The SMILES string of the molecule is CCCCC(c1nnnn1C1CCCC1)N1CCN(C(=O)c2ccco2)CC1.[Cl-]. The fourth-order valence-corrected chi connectivity index (χ4v) is 4.49. The van der Waals surface area contributed by atoms with Crippen molar-refractivity contribution in [1.29, 1.82) is 0 Å². The van der Waals surface area contributed by atoms with Crippen molar-refractivity contribution in [1.82, 2.24) is 30.0 Å². The first-order chi connectivity index (χ1) is 13.8. The van der Waals surface area contributed by atoms with Crippen LogP contribution < -0.4 is 12.4 Å². The maximum atomic E-state index is 12.5. The first-order valence-electron chi connectivity index (χ1n) is 10.6. The van der Waals surface area contributed by atoms with Crippen molar-refractivity contribution in [3.63, 3.8) is 0 Å². The molecule has 2 aliphatic rings. The second-order valence-corrected chi connectivity index (χ2v) is 7.88. The smallest absolute Gasteiger partial charge is 0.289 e. The van der Waals surface area contributed by atoms with Crippen LogP contribution in [-0.2, 0) is 0 Å². The molecule has 1 saturated carbocycles. The molecule has 9 heteroatoms. The Kier molecular flexibility index (Phi) is 7.66. The van der Waals surface area contributed by atoms with Crippen molar-refractivity contribution >= 4 is 5.91 Å². The quantitative estimate of drug-likeness (QED) is 0.629. The van der Waals surface area contributed by atoms with E-state index in [9.17, 15) is 4.79 Å². The largest absolute Gasteiger partial charge is 1.00 e. The third kappa shape index (κ3) is 4.80. The van der Waals surface area contributed by atoms with Gasteiger partial charge in [-0.2, -0.15) is 0 Å². The molecule has 1 saturated heterocycles. The number of aromatic nitrogens is 4. The zero-order valence-corrected chi connectivity index (χ0v) is 17.8. The highest BCUT2D eigenvalue weighted by atomic mass is 35.5. The van der Waals surface area contributed by atoms with Gasteiger partial charge in [-0.3, -0.25) is 9.69 Å². The zero-order chi connectivity index (χ0) is 19.3. The van der Waals surface area contributed by atoms with E-state index in [4.69, 9.17) is 4.42 Å². The Morgan fingerprint density at radius 2 is 2.00 bits per heavy atom. The first kappa shape index (κ1) is 21.8. The van der Waals surface area contributed by atoms with Gasteiger partial charge in [0, 0.05) is 26.2 Å². The van der Waals surface area contributed by atoms with E-state index in [0.717, 1.165) is 38.2 Å². The predicted octanol–water partition coefficient (Wildman–Crippen LogP) is 0.0745. The van der Waals surface area contributed by atoms with Gasteiger partial charge < -0.3 is 21.7 Å². The monoisotopic (exact) mass is 421 g/mol. The Bertz CT molecular complexity index is 751. The summed E-state index contributed by atoms with van der Waals surface area (Å²) in [7, 11) is 0. The van der Waals surface area contributed by atoms with Crippen molar-refractivity contribution in [2.75, 3.05) is 26.2 Å². The summed E-state index contributed by atoms with van der Waals surface area (Å²) in [6.07, 6.45) is 9.76. The summed E-state index contributed by atoms with van der Waals surface area (Å²) in [5.74, 6) is 1.40. The van der Waals surface area contributed by atoms with Crippen LogP contribution in [0.1, 0.15) is 80.3 Å². The minimum absolute atomic E-state index is 0. The number of tetrazole rings is 1. The molecule has 0 bridgehead atoms. The van der Waals surface area contributed by atoms with E-state index in [-0.39, 0.29) is 24.4 Å². The molecule has 1 aliphatic carbocycles. The van der Waals surface area contributed by atoms with Crippen LogP contribution in [0.2, 0.25) is 0 Å². The van der Waals surface area contributed by atoms with Gasteiger partial charge in [0.1, 0.15) is 0 Å². The summed E-state index contributed by atoms with van der Waals surface area (Å²) < 4.78 is 7.36. The highest BCUT2D eigenvalue weighted by molar-refractivity contribution is 5.91. The fourth-order valence-electron chi connectivity index (χ4n) is 4.49. The number of rotatable bonds is 7. The van der Waals surface area contributed by atoms with E-state index in [2.05, 4.69) is 32.0 Å². The maximum absolute atomic E-state index is 12.5. The van der Waals surface area contributed by atoms with Gasteiger partial charge in [0.2, 0.25) is 0 Å². The highest BCUT2D eigenvalue weighted by Crippen LogP contribution is 2.33. The minimum atomic E-state index is -0.0226. The van der Waals surface area contributed by atoms with Crippen molar-refractivity contribution < 1.29 is 21.6 Å². The topological polar surface area (TPSA) is 80.3 Å². The summed E-state index contributed by atoms with van der Waals surface area (Å²) in [6.45, 7) is 5.29. The van der Waals surface area contributed by atoms with Crippen LogP contribution in [0.25, 0.3) is 0 Å². The summed E-state index contributed by atoms with van der Waals surface area (Å²) in [5, 5.41) is 12.8. The highest BCUT2D eigenvalue weighted by Gasteiger charge is 2.32. The zero-order valence-electron chi connectivity index (χ0n) is 17.0. The van der Waals surface area contributed by atoms with E-state index in [1.54, 1.807) is 18.4 Å². The number of piperazine rings is 1. The van der Waals surface area contributed by atoms with Crippen LogP contribution in [-0.4, -0.2) is 62.1 Å². The normalized spacial score (nSPS) is 19.3. The van der Waals surface area contributed by atoms with E-state index in [0.29, 0.717) is 24.9 Å². The summed E-state index contributed by atoms with van der Waals surface area (Å²) in [6, 6.07) is 4.15. The van der Waals surface area contributed by atoms with Gasteiger partial charge >= 0.3 is 0 Å². The molecule has 0 N–H and O–H groups in total. The Hall–Kier alpha value is -1.93. The number of furan rings is 1. The number of halogens is 1. The molecular weight excluding hydrogens is 392 g/mol. The lowest BCUT2D eigenvalue weighted by Crippen LogP contribution is -3.00. The van der Waals surface area contributed by atoms with Gasteiger partial charge in [-0.05, 0) is 41.8 Å². The Balaban J connectivity index is 0.00000240. The third-order valence-electron chi connectivity index (χ3n) is 6.09. The van der Waals surface area contributed by atoms with Gasteiger partial charge in [-0.15, -0.1) is 5.10 Å². The van der Waals surface area contributed by atoms with Crippen molar-refractivity contribution in [3.8, 4) is 0 Å². The van der Waals surface area contributed by atoms with Gasteiger partial charge in [0.05, 0.1) is 18.3 Å². The molecule has 8 nitrogen and oxygen atoms in total. The first-order valence-corrected chi connectivity index (χ1v) is 10.6. The molecule has 1 atom stereocenters. The standard InChI is InChI=1S/C20H30N6O2.ClH/c1-2-3-9-17(19-21-22-23-26(19)16-7-4-5-8-16)24-11-13-25(14-12-24)20(27)18-10-6-15-28-18;/h6,10,15-17H,2-5,7-9,11-14H2,1H3;1H/p-1. The van der Waals surface area contributed by atoms with Gasteiger partial charge in [-0.1, -0.05) is 32.6 Å². The van der Waals surface area contributed by atoms with Crippen LogP contribution in [0, 0.1) is 0 Å². The molecule has 4 rings (SSSR count). The summed E-state index contributed by atoms with van der Waals surface area (Å²) >= 11 is 0. The van der Waals surface area contributed by atoms with Crippen LogP contribution in [0.3, 0.4) is 0 Å². The van der Waals surface area contributed by atoms with Crippen LogP contribution in [0.4, 0.5) is 0 Å². The van der Waals surface area contributed by atoms with E-state index in [1.165, 1.54) is 25.7 Å². The molecule has 0 radical (unpaired) electrons. The van der Waals surface area contributed by atoms with Gasteiger partial charge in [0.15, 0.2) is 11.6 Å². The number of hydrogen-bond donors (Lipinski definition) is 0. The van der Waals surface area contributed by atoms with E-state index >= 15 is 0 Å². The molecule has 1 amide bonds. The Labute approximate surface area is 178 Å². The second kappa shape index (κ2) is 10.2. The molecule has 1 aliphatic heterocycles. The summed E-state index contributed by atoms with van der Waals surface area (Å²) in [5.41, 5.74) is 0. The van der Waals surface area contributed by atoms with Crippen molar-refractivity contribution in [2.45, 2.75) is 64.0 Å². The number of carbonyl (C=O) groups is 1. The lowest BCUT2D eigenvalue weighted by molar-refractivity contribution is -0.0000170. The Morgan fingerprint density at radius 3 is 2.66 bits per heavy atom. The molecule has 0 spiro atoms. The average Bonchev–Trinajstić information content (AvgIpc) is 3.50. The number of hydrogen-bond acceptors (Lipinski definition) is 6. The van der Waals surface area contributed by atoms with E-state index in [1.807, 2.05) is 4.90 Å². The van der Waals surface area contributed by atoms with Gasteiger partial charge in [0.25, 0.3) is 5.91 Å². The molecule has 2 aromatic rings. The maximum Gasteiger partial charge on any atom is 0.289 e. The van der Waals surface area contributed by atoms with E-state index < -0.39 is 0 Å². The van der Waals surface area contributed by atoms with Crippen LogP contribution in [0.15, 0.2) is 22.8 Å². The minimum Gasteiger partial charge on any atom is -1.00 e.